The fourth-order valence-corrected chi connectivity index (χ4v) is 3.09. The van der Waals surface area contributed by atoms with E-state index >= 15 is 0 Å². The van der Waals surface area contributed by atoms with Crippen LogP contribution >= 0.6 is 15.9 Å². The van der Waals surface area contributed by atoms with Crippen molar-refractivity contribution in [3.63, 3.8) is 0 Å². The minimum absolute atomic E-state index is 0.689. The Hall–Kier alpha value is 0.480. The second-order valence-corrected chi connectivity index (χ2v) is 6.47. The summed E-state index contributed by atoms with van der Waals surface area (Å²) in [5.41, 5.74) is 0.689. The Bertz CT molecular complexity index is 159. The van der Waals surface area contributed by atoms with Gasteiger partial charge in [-0.15, -0.1) is 0 Å². The van der Waals surface area contributed by atoms with Crippen molar-refractivity contribution in [3.05, 3.63) is 0 Å². The van der Waals surface area contributed by atoms with Gasteiger partial charge in [0.2, 0.25) is 0 Å². The Morgan fingerprint density at radius 3 is 2.29 bits per heavy atom. The Morgan fingerprint density at radius 2 is 1.93 bits per heavy atom. The highest BCUT2D eigenvalue weighted by Gasteiger charge is 2.46. The van der Waals surface area contributed by atoms with Gasteiger partial charge in [-0.2, -0.15) is 0 Å². The number of hydrogen-bond acceptors (Lipinski definition) is 0. The Labute approximate surface area is 98.0 Å². The standard InChI is InChI=1S/C13H25Br/c1-4-6-7-12(5-2)10-13(8-9-13)11(3)14/h11-12H,4-10H2,1-3H3. The van der Waals surface area contributed by atoms with Crippen LogP contribution in [0.2, 0.25) is 0 Å². The maximum atomic E-state index is 3.78. The van der Waals surface area contributed by atoms with Gasteiger partial charge < -0.3 is 0 Å². The van der Waals surface area contributed by atoms with Crippen LogP contribution in [0.1, 0.15) is 65.7 Å². The summed E-state index contributed by atoms with van der Waals surface area (Å²) < 4.78 is 0. The highest BCUT2D eigenvalue weighted by molar-refractivity contribution is 9.09. The first-order valence-corrected chi connectivity index (χ1v) is 7.20. The van der Waals surface area contributed by atoms with Crippen LogP contribution in [0.25, 0.3) is 0 Å². The highest BCUT2D eigenvalue weighted by Crippen LogP contribution is 2.56. The van der Waals surface area contributed by atoms with Crippen LogP contribution in [-0.4, -0.2) is 4.83 Å². The van der Waals surface area contributed by atoms with E-state index in [1.807, 2.05) is 0 Å². The molecule has 1 heteroatoms. The molecular weight excluding hydrogens is 236 g/mol. The van der Waals surface area contributed by atoms with E-state index in [4.69, 9.17) is 0 Å². The Balaban J connectivity index is 2.32. The van der Waals surface area contributed by atoms with Gasteiger partial charge in [0, 0.05) is 4.83 Å². The molecule has 0 nitrogen and oxygen atoms in total. The molecule has 0 radical (unpaired) electrons. The topological polar surface area (TPSA) is 0 Å². The Kier molecular flexibility index (Phi) is 4.96. The summed E-state index contributed by atoms with van der Waals surface area (Å²) in [4.78, 5) is 0.727. The molecule has 0 N–H and O–H groups in total. The van der Waals surface area contributed by atoms with Crippen LogP contribution < -0.4 is 0 Å². The molecule has 0 bridgehead atoms. The molecule has 1 saturated carbocycles. The summed E-state index contributed by atoms with van der Waals surface area (Å²) >= 11 is 3.78. The zero-order chi connectivity index (χ0) is 10.6. The lowest BCUT2D eigenvalue weighted by atomic mass is 9.85. The van der Waals surface area contributed by atoms with Crippen LogP contribution in [0.15, 0.2) is 0 Å². The van der Waals surface area contributed by atoms with Gasteiger partial charge in [0.05, 0.1) is 0 Å². The molecule has 84 valence electrons. The second-order valence-electron chi connectivity index (χ2n) is 5.10. The third-order valence-corrected chi connectivity index (χ3v) is 4.95. The summed E-state index contributed by atoms with van der Waals surface area (Å²) in [6, 6.07) is 0. The zero-order valence-corrected chi connectivity index (χ0v) is 11.6. The minimum Gasteiger partial charge on any atom is -0.0888 e. The fourth-order valence-electron chi connectivity index (χ4n) is 2.44. The average Bonchev–Trinajstić information content (AvgIpc) is 2.93. The third kappa shape index (κ3) is 3.25. The van der Waals surface area contributed by atoms with Crippen molar-refractivity contribution in [3.8, 4) is 0 Å². The number of alkyl halides is 1. The van der Waals surface area contributed by atoms with Gasteiger partial charge >= 0.3 is 0 Å². The first kappa shape index (κ1) is 12.5. The van der Waals surface area contributed by atoms with Crippen molar-refractivity contribution in [1.82, 2.24) is 0 Å². The van der Waals surface area contributed by atoms with E-state index in [0.717, 1.165) is 10.7 Å². The third-order valence-electron chi connectivity index (χ3n) is 3.97. The number of rotatable bonds is 7. The highest BCUT2D eigenvalue weighted by atomic mass is 79.9. The smallest absolute Gasteiger partial charge is 0.0174 e. The first-order valence-electron chi connectivity index (χ1n) is 6.28. The molecule has 0 spiro atoms. The summed E-state index contributed by atoms with van der Waals surface area (Å²) in [7, 11) is 0. The normalized spacial score (nSPS) is 23.1. The van der Waals surface area contributed by atoms with Crippen LogP contribution in [-0.2, 0) is 0 Å². The Morgan fingerprint density at radius 1 is 1.29 bits per heavy atom. The van der Waals surface area contributed by atoms with Gasteiger partial charge in [-0.3, -0.25) is 0 Å². The van der Waals surface area contributed by atoms with E-state index in [1.54, 1.807) is 0 Å². The van der Waals surface area contributed by atoms with Gasteiger partial charge in [0.15, 0.2) is 0 Å². The molecule has 2 atom stereocenters. The largest absolute Gasteiger partial charge is 0.0888 e. The summed E-state index contributed by atoms with van der Waals surface area (Å²) in [6.45, 7) is 6.99. The first-order chi connectivity index (χ1) is 6.64. The quantitative estimate of drug-likeness (QED) is 0.555. The zero-order valence-electron chi connectivity index (χ0n) is 9.98. The summed E-state index contributed by atoms with van der Waals surface area (Å²) in [5.74, 6) is 0.984. The van der Waals surface area contributed by atoms with Crippen LogP contribution in [0.3, 0.4) is 0 Å². The second kappa shape index (κ2) is 5.53. The molecule has 1 aliphatic carbocycles. The lowest BCUT2D eigenvalue weighted by molar-refractivity contribution is 0.321. The monoisotopic (exact) mass is 260 g/mol. The van der Waals surface area contributed by atoms with Crippen LogP contribution in [0.4, 0.5) is 0 Å². The predicted octanol–water partition coefficient (Wildman–Crippen LogP) is 5.16. The van der Waals surface area contributed by atoms with Crippen molar-refractivity contribution in [1.29, 1.82) is 0 Å². The molecule has 1 aliphatic rings. The molecule has 2 unspecified atom stereocenters. The van der Waals surface area contributed by atoms with Crippen molar-refractivity contribution in [2.45, 2.75) is 70.5 Å². The summed E-state index contributed by atoms with van der Waals surface area (Å²) in [6.07, 6.45) is 9.99. The lowest BCUT2D eigenvalue weighted by Gasteiger charge is -2.24. The van der Waals surface area contributed by atoms with E-state index in [9.17, 15) is 0 Å². The minimum atomic E-state index is 0.689. The van der Waals surface area contributed by atoms with Crippen molar-refractivity contribution >= 4 is 15.9 Å². The fraction of sp³-hybridized carbons (Fsp3) is 1.00. The SMILES string of the molecule is CCCCC(CC)CC1(C(C)Br)CC1. The van der Waals surface area contributed by atoms with Crippen LogP contribution in [0, 0.1) is 11.3 Å². The van der Waals surface area contributed by atoms with Gasteiger partial charge in [-0.05, 0) is 30.6 Å². The average molecular weight is 261 g/mol. The van der Waals surface area contributed by atoms with Crippen molar-refractivity contribution in [2.24, 2.45) is 11.3 Å². The number of hydrogen-bond donors (Lipinski definition) is 0. The molecule has 0 saturated heterocycles. The number of unbranched alkanes of at least 4 members (excludes halogenated alkanes) is 1. The van der Waals surface area contributed by atoms with Crippen molar-refractivity contribution in [2.75, 3.05) is 0 Å². The van der Waals surface area contributed by atoms with E-state index in [0.29, 0.717) is 5.41 Å². The molecular formula is C13H25Br. The lowest BCUT2D eigenvalue weighted by Crippen LogP contribution is -2.17. The van der Waals surface area contributed by atoms with E-state index in [1.165, 1.54) is 44.9 Å². The maximum Gasteiger partial charge on any atom is 0.0174 e. The molecule has 0 amide bonds. The van der Waals surface area contributed by atoms with Crippen LogP contribution in [0.5, 0.6) is 0 Å². The molecule has 0 aromatic heterocycles. The van der Waals surface area contributed by atoms with Crippen molar-refractivity contribution < 1.29 is 0 Å². The molecule has 0 heterocycles. The van der Waals surface area contributed by atoms with Gasteiger partial charge in [-0.1, -0.05) is 62.4 Å². The molecule has 1 fully saturated rings. The van der Waals surface area contributed by atoms with Gasteiger partial charge in [-0.25, -0.2) is 0 Å². The number of halogens is 1. The molecule has 14 heavy (non-hydrogen) atoms. The maximum absolute atomic E-state index is 3.78. The molecule has 0 aromatic carbocycles. The van der Waals surface area contributed by atoms with E-state index < -0.39 is 0 Å². The van der Waals surface area contributed by atoms with E-state index in [-0.39, 0.29) is 0 Å². The molecule has 1 rings (SSSR count). The molecule has 0 aromatic rings. The predicted molar refractivity (Wildman–Crippen MR) is 68.0 cm³/mol. The molecule has 0 aliphatic heterocycles. The van der Waals surface area contributed by atoms with E-state index in [2.05, 4.69) is 36.7 Å². The summed E-state index contributed by atoms with van der Waals surface area (Å²) in [5, 5.41) is 0. The van der Waals surface area contributed by atoms with Gasteiger partial charge in [0.25, 0.3) is 0 Å². The van der Waals surface area contributed by atoms with Gasteiger partial charge in [0.1, 0.15) is 0 Å².